The maximum Gasteiger partial charge on any atom is 0.252 e. The molecule has 2 N–H and O–H groups in total. The summed E-state index contributed by atoms with van der Waals surface area (Å²) in [6, 6.07) is 5.07. The molecule has 0 atom stereocenters. The lowest BCUT2D eigenvalue weighted by atomic mass is 10.3. The maximum absolute atomic E-state index is 11.1. The van der Waals surface area contributed by atoms with E-state index < -0.39 is 0 Å². The number of hydrogen-bond acceptors (Lipinski definition) is 3. The van der Waals surface area contributed by atoms with Crippen LogP contribution in [0.4, 0.5) is 0 Å². The van der Waals surface area contributed by atoms with Crippen molar-refractivity contribution in [1.29, 1.82) is 0 Å². The minimum Gasteiger partial charge on any atom is -0.331 e. The topological polar surface area (TPSA) is 48.6 Å². The third-order valence-corrected chi connectivity index (χ3v) is 3.07. The Morgan fingerprint density at radius 2 is 2.14 bits per heavy atom. The summed E-state index contributed by atoms with van der Waals surface area (Å²) >= 11 is 12.0. The van der Waals surface area contributed by atoms with Crippen LogP contribution >= 0.6 is 35.2 Å². The third kappa shape index (κ3) is 1.95. The number of nitrogens with one attached hydrogen (secondary N) is 2. The van der Waals surface area contributed by atoms with E-state index in [1.165, 1.54) is 17.4 Å². The molecule has 0 saturated carbocycles. The Kier molecular flexibility index (Phi) is 2.54. The first-order chi connectivity index (χ1) is 6.65. The maximum atomic E-state index is 11.1. The molecular weight excluding hydrogens is 240 g/mol. The molecule has 0 spiro atoms. The van der Waals surface area contributed by atoms with Gasteiger partial charge in [-0.1, -0.05) is 11.6 Å². The van der Waals surface area contributed by atoms with E-state index in [4.69, 9.17) is 23.8 Å². The van der Waals surface area contributed by atoms with E-state index in [2.05, 4.69) is 9.97 Å². The van der Waals surface area contributed by atoms with Gasteiger partial charge in [-0.05, 0) is 24.4 Å². The number of rotatable bonds is 1. The van der Waals surface area contributed by atoms with Crippen LogP contribution in [0.5, 0.6) is 0 Å². The summed E-state index contributed by atoms with van der Waals surface area (Å²) in [5.41, 5.74) is 0.476. The number of thiophene rings is 1. The lowest BCUT2D eigenvalue weighted by Crippen LogP contribution is -2.05. The van der Waals surface area contributed by atoms with Gasteiger partial charge in [0.25, 0.3) is 5.56 Å². The highest BCUT2D eigenvalue weighted by molar-refractivity contribution is 7.71. The zero-order valence-corrected chi connectivity index (χ0v) is 9.22. The lowest BCUT2D eigenvalue weighted by molar-refractivity contribution is 1.10. The molecule has 72 valence electrons. The van der Waals surface area contributed by atoms with Crippen LogP contribution in [0.2, 0.25) is 4.34 Å². The first-order valence-corrected chi connectivity index (χ1v) is 5.35. The summed E-state index contributed by atoms with van der Waals surface area (Å²) in [4.78, 5) is 17.4. The summed E-state index contributed by atoms with van der Waals surface area (Å²) in [6.45, 7) is 0. The summed E-state index contributed by atoms with van der Waals surface area (Å²) in [5, 5.41) is 0. The fourth-order valence-electron chi connectivity index (χ4n) is 1.06. The van der Waals surface area contributed by atoms with Gasteiger partial charge in [0, 0.05) is 6.07 Å². The average Bonchev–Trinajstić information content (AvgIpc) is 2.50. The van der Waals surface area contributed by atoms with Crippen molar-refractivity contribution in [3.63, 3.8) is 0 Å². The van der Waals surface area contributed by atoms with Crippen LogP contribution in [-0.4, -0.2) is 9.97 Å². The van der Waals surface area contributed by atoms with Gasteiger partial charge >= 0.3 is 0 Å². The van der Waals surface area contributed by atoms with E-state index in [0.717, 1.165) is 4.88 Å². The normalized spacial score (nSPS) is 10.4. The zero-order valence-electron chi connectivity index (χ0n) is 6.83. The predicted molar refractivity (Wildman–Crippen MR) is 60.6 cm³/mol. The van der Waals surface area contributed by atoms with Gasteiger partial charge in [0.05, 0.1) is 14.9 Å². The highest BCUT2D eigenvalue weighted by Gasteiger charge is 2.02. The van der Waals surface area contributed by atoms with Crippen molar-refractivity contribution in [3.05, 3.63) is 37.7 Å². The zero-order chi connectivity index (χ0) is 10.1. The van der Waals surface area contributed by atoms with Gasteiger partial charge < -0.3 is 4.98 Å². The van der Waals surface area contributed by atoms with Crippen molar-refractivity contribution in [2.24, 2.45) is 0 Å². The molecule has 0 aliphatic rings. The molecule has 0 amide bonds. The van der Waals surface area contributed by atoms with Crippen molar-refractivity contribution < 1.29 is 0 Å². The van der Waals surface area contributed by atoms with Gasteiger partial charge in [-0.3, -0.25) is 9.78 Å². The second-order valence-corrected chi connectivity index (χ2v) is 4.73. The fraction of sp³-hybridized carbons (Fsp3) is 0. The molecule has 6 heteroatoms. The lowest BCUT2D eigenvalue weighted by Gasteiger charge is -1.95. The Balaban J connectivity index is 2.62. The van der Waals surface area contributed by atoms with Gasteiger partial charge in [-0.15, -0.1) is 11.3 Å². The molecule has 0 saturated heterocycles. The molecule has 0 aromatic carbocycles. The van der Waals surface area contributed by atoms with Crippen molar-refractivity contribution in [1.82, 2.24) is 9.97 Å². The summed E-state index contributed by atoms with van der Waals surface area (Å²) in [6.07, 6.45) is 0. The second-order valence-electron chi connectivity index (χ2n) is 2.61. The molecule has 3 nitrogen and oxygen atoms in total. The number of aromatic nitrogens is 2. The standard InChI is InChI=1S/C8H5ClN2OS2/c9-6-2-1-5(14-6)4-3-7(12)11-8(13)10-4/h1-3H,(H2,10,11,12,13). The van der Waals surface area contributed by atoms with Crippen LogP contribution in [0.1, 0.15) is 0 Å². The van der Waals surface area contributed by atoms with Crippen LogP contribution in [0, 0.1) is 4.77 Å². The van der Waals surface area contributed by atoms with Gasteiger partial charge in [-0.2, -0.15) is 0 Å². The first-order valence-electron chi connectivity index (χ1n) is 3.74. The summed E-state index contributed by atoms with van der Waals surface area (Å²) < 4.78 is 0.997. The van der Waals surface area contributed by atoms with E-state index >= 15 is 0 Å². The Labute approximate surface area is 93.4 Å². The monoisotopic (exact) mass is 244 g/mol. The SMILES string of the molecule is O=c1cc(-c2ccc(Cl)s2)[nH]c(=S)[nH]1. The summed E-state index contributed by atoms with van der Waals surface area (Å²) in [7, 11) is 0. The molecule has 0 unspecified atom stereocenters. The molecule has 2 heterocycles. The highest BCUT2D eigenvalue weighted by atomic mass is 35.5. The molecule has 2 rings (SSSR count). The second kappa shape index (κ2) is 3.68. The molecule has 0 fully saturated rings. The quantitative estimate of drug-likeness (QED) is 0.758. The molecule has 0 aliphatic heterocycles. The Bertz CT molecular complexity index is 541. The van der Waals surface area contributed by atoms with Crippen LogP contribution in [0.25, 0.3) is 10.6 Å². The Hall–Kier alpha value is -0.910. The van der Waals surface area contributed by atoms with E-state index in [-0.39, 0.29) is 5.56 Å². The van der Waals surface area contributed by atoms with Gasteiger partial charge in [0.15, 0.2) is 4.77 Å². The van der Waals surface area contributed by atoms with Crippen molar-refractivity contribution in [2.75, 3.05) is 0 Å². The van der Waals surface area contributed by atoms with E-state index in [9.17, 15) is 4.79 Å². The van der Waals surface area contributed by atoms with Crippen molar-refractivity contribution in [3.8, 4) is 10.6 Å². The minimum absolute atomic E-state index is 0.215. The number of aromatic amines is 2. The van der Waals surface area contributed by atoms with Crippen molar-refractivity contribution in [2.45, 2.75) is 0 Å². The molecular formula is C8H5ClN2OS2. The van der Waals surface area contributed by atoms with Crippen LogP contribution in [-0.2, 0) is 0 Å². The largest absolute Gasteiger partial charge is 0.331 e. The molecule has 0 bridgehead atoms. The highest BCUT2D eigenvalue weighted by Crippen LogP contribution is 2.28. The van der Waals surface area contributed by atoms with Crippen LogP contribution < -0.4 is 5.56 Å². The first kappa shape index (κ1) is 9.64. The minimum atomic E-state index is -0.215. The van der Waals surface area contributed by atoms with Crippen LogP contribution in [0.3, 0.4) is 0 Å². The van der Waals surface area contributed by atoms with Gasteiger partial charge in [0.2, 0.25) is 0 Å². The molecule has 0 radical (unpaired) electrons. The third-order valence-electron chi connectivity index (χ3n) is 1.60. The number of H-pyrrole nitrogens is 2. The van der Waals surface area contributed by atoms with Gasteiger partial charge in [-0.25, -0.2) is 0 Å². The van der Waals surface area contributed by atoms with Crippen molar-refractivity contribution >= 4 is 35.2 Å². The Morgan fingerprint density at radius 1 is 1.36 bits per heavy atom. The number of halogens is 1. The smallest absolute Gasteiger partial charge is 0.252 e. The molecule has 2 aromatic heterocycles. The average molecular weight is 245 g/mol. The van der Waals surface area contributed by atoms with E-state index in [1.807, 2.05) is 6.07 Å². The van der Waals surface area contributed by atoms with Crippen LogP contribution in [0.15, 0.2) is 23.0 Å². The Morgan fingerprint density at radius 3 is 2.71 bits per heavy atom. The molecule has 0 aliphatic carbocycles. The predicted octanol–water partition coefficient (Wildman–Crippen LogP) is 2.81. The van der Waals surface area contributed by atoms with E-state index in [0.29, 0.717) is 14.8 Å². The molecule has 14 heavy (non-hydrogen) atoms. The number of hydrogen-bond donors (Lipinski definition) is 2. The van der Waals surface area contributed by atoms with Gasteiger partial charge in [0.1, 0.15) is 0 Å². The summed E-state index contributed by atoms with van der Waals surface area (Å²) in [5.74, 6) is 0. The molecule has 2 aromatic rings. The fourth-order valence-corrected chi connectivity index (χ4v) is 2.29. The van der Waals surface area contributed by atoms with E-state index in [1.54, 1.807) is 6.07 Å².